The van der Waals surface area contributed by atoms with E-state index in [1.807, 2.05) is 0 Å². The second kappa shape index (κ2) is 6.95. The molecule has 0 aliphatic carbocycles. The summed E-state index contributed by atoms with van der Waals surface area (Å²) in [6.07, 6.45) is 3.94. The van der Waals surface area contributed by atoms with Gasteiger partial charge in [0.05, 0.1) is 17.3 Å². The van der Waals surface area contributed by atoms with E-state index < -0.39 is 27.0 Å². The lowest BCUT2D eigenvalue weighted by atomic mass is 10.1. The Morgan fingerprint density at radius 1 is 1.35 bits per heavy atom. The summed E-state index contributed by atoms with van der Waals surface area (Å²) in [5.74, 6) is -0.563. The van der Waals surface area contributed by atoms with E-state index in [1.54, 1.807) is 30.5 Å². The molecular weight excluding hydrogens is 396 g/mol. The number of esters is 1. The molecule has 2 aromatic heterocycles. The second-order valence-electron chi connectivity index (χ2n) is 5.42. The van der Waals surface area contributed by atoms with Crippen molar-refractivity contribution in [2.75, 3.05) is 19.6 Å². The topological polar surface area (TPSA) is 109 Å². The predicted octanol–water partition coefficient (Wildman–Crippen LogP) is 2.29. The third-order valence-electron chi connectivity index (χ3n) is 3.57. The van der Waals surface area contributed by atoms with Crippen molar-refractivity contribution >= 4 is 48.5 Å². The standard InChI is InChI=1S/C16H14N2O5S3/c1-23-15(19)14-12(9-5-4-6-10(7-9)25(2)20)13-11(24-14)8-17-16(18-13)26(3,21)22/h4-8H,1-3H3. The summed E-state index contributed by atoms with van der Waals surface area (Å²) in [6, 6.07) is 6.86. The fraction of sp³-hybridized carbons (Fsp3) is 0.188. The van der Waals surface area contributed by atoms with Crippen molar-refractivity contribution in [3.05, 3.63) is 35.3 Å². The van der Waals surface area contributed by atoms with Gasteiger partial charge in [0.25, 0.3) is 0 Å². The van der Waals surface area contributed by atoms with Crippen LogP contribution in [-0.2, 0) is 25.7 Å². The van der Waals surface area contributed by atoms with Gasteiger partial charge >= 0.3 is 5.97 Å². The minimum atomic E-state index is -3.61. The number of hydrogen-bond acceptors (Lipinski definition) is 8. The van der Waals surface area contributed by atoms with Crippen LogP contribution in [0.5, 0.6) is 0 Å². The lowest BCUT2D eigenvalue weighted by Crippen LogP contribution is -2.04. The number of ether oxygens (including phenoxy) is 1. The molecule has 1 aromatic carbocycles. The first-order valence-corrected chi connectivity index (χ1v) is 11.5. The van der Waals surface area contributed by atoms with Gasteiger partial charge in [0.15, 0.2) is 4.90 Å². The Balaban J connectivity index is 2.36. The zero-order chi connectivity index (χ0) is 19.1. The lowest BCUT2D eigenvalue weighted by Gasteiger charge is -2.08. The number of fused-ring (bicyclic) bond motifs is 1. The monoisotopic (exact) mass is 410 g/mol. The highest BCUT2D eigenvalue weighted by molar-refractivity contribution is 7.90. The third kappa shape index (κ3) is 3.45. The molecule has 1 unspecified atom stereocenters. The van der Waals surface area contributed by atoms with Crippen molar-refractivity contribution in [2.24, 2.45) is 0 Å². The predicted molar refractivity (Wildman–Crippen MR) is 99.6 cm³/mol. The fourth-order valence-corrected chi connectivity index (χ4v) is 4.51. The van der Waals surface area contributed by atoms with E-state index in [0.29, 0.717) is 26.2 Å². The van der Waals surface area contributed by atoms with E-state index in [4.69, 9.17) is 4.74 Å². The van der Waals surface area contributed by atoms with Crippen molar-refractivity contribution in [3.8, 4) is 11.1 Å². The molecule has 0 aliphatic rings. The van der Waals surface area contributed by atoms with Gasteiger partial charge in [-0.2, -0.15) is 0 Å². The molecule has 0 spiro atoms. The molecule has 26 heavy (non-hydrogen) atoms. The number of benzene rings is 1. The number of sulfone groups is 1. The molecule has 0 fully saturated rings. The van der Waals surface area contributed by atoms with Gasteiger partial charge in [-0.1, -0.05) is 12.1 Å². The Kier molecular flexibility index (Phi) is 5.02. The van der Waals surface area contributed by atoms with Crippen molar-refractivity contribution in [2.45, 2.75) is 10.1 Å². The van der Waals surface area contributed by atoms with Gasteiger partial charge in [0.1, 0.15) is 11.1 Å². The number of nitrogens with zero attached hydrogens (tertiary/aromatic N) is 2. The molecule has 2 heterocycles. The lowest BCUT2D eigenvalue weighted by molar-refractivity contribution is 0.0607. The van der Waals surface area contributed by atoms with Crippen LogP contribution in [0.2, 0.25) is 0 Å². The van der Waals surface area contributed by atoms with Crippen molar-refractivity contribution in [1.29, 1.82) is 0 Å². The molecule has 1 atom stereocenters. The SMILES string of the molecule is COC(=O)c1sc2cnc(S(C)(=O)=O)nc2c1-c1cccc([S+](C)[O-])c1. The van der Waals surface area contributed by atoms with E-state index in [-0.39, 0.29) is 10.0 Å². The largest absolute Gasteiger partial charge is 0.612 e. The number of methoxy groups -OCH3 is 1. The van der Waals surface area contributed by atoms with Gasteiger partial charge in [-0.3, -0.25) is 0 Å². The summed E-state index contributed by atoms with van der Waals surface area (Å²) in [7, 11) is -2.35. The molecule has 0 amide bonds. The molecule has 0 saturated carbocycles. The number of hydrogen-bond donors (Lipinski definition) is 0. The zero-order valence-corrected chi connectivity index (χ0v) is 16.5. The van der Waals surface area contributed by atoms with E-state index in [1.165, 1.54) is 13.3 Å². The van der Waals surface area contributed by atoms with E-state index in [2.05, 4.69) is 9.97 Å². The summed E-state index contributed by atoms with van der Waals surface area (Å²) >= 11 is -0.0988. The molecule has 0 N–H and O–H groups in total. The maximum absolute atomic E-state index is 12.2. The molecule has 10 heteroatoms. The summed E-state index contributed by atoms with van der Waals surface area (Å²) in [5, 5.41) is -0.323. The molecular formula is C16H14N2O5S3. The Morgan fingerprint density at radius 2 is 2.08 bits per heavy atom. The highest BCUT2D eigenvalue weighted by Crippen LogP contribution is 2.38. The molecule has 0 bridgehead atoms. The normalized spacial score (nSPS) is 12.9. The third-order valence-corrected chi connectivity index (χ3v) is 6.44. The molecule has 3 aromatic rings. The number of carbonyl (C=O) groups is 1. The van der Waals surface area contributed by atoms with Crippen LogP contribution in [0.1, 0.15) is 9.67 Å². The molecule has 7 nitrogen and oxygen atoms in total. The second-order valence-corrected chi connectivity index (χ2v) is 9.76. The van der Waals surface area contributed by atoms with Gasteiger partial charge in [-0.25, -0.2) is 23.2 Å². The average Bonchev–Trinajstić information content (AvgIpc) is 2.99. The van der Waals surface area contributed by atoms with Crippen LogP contribution in [0.25, 0.3) is 21.3 Å². The maximum Gasteiger partial charge on any atom is 0.348 e. The minimum absolute atomic E-state index is 0.279. The van der Waals surface area contributed by atoms with Crippen molar-refractivity contribution in [1.82, 2.24) is 9.97 Å². The Hall–Kier alpha value is -2.01. The van der Waals surface area contributed by atoms with Crippen LogP contribution in [0.15, 0.2) is 40.5 Å². The van der Waals surface area contributed by atoms with Gasteiger partial charge in [0, 0.05) is 24.1 Å². The van der Waals surface area contributed by atoms with Gasteiger partial charge in [-0.15, -0.1) is 11.3 Å². The Labute approximate surface area is 157 Å². The first-order chi connectivity index (χ1) is 12.2. The molecule has 0 radical (unpaired) electrons. The van der Waals surface area contributed by atoms with Crippen LogP contribution in [-0.4, -0.2) is 48.5 Å². The zero-order valence-electron chi connectivity index (χ0n) is 14.0. The van der Waals surface area contributed by atoms with Crippen LogP contribution >= 0.6 is 11.3 Å². The quantitative estimate of drug-likeness (QED) is 0.369. The number of rotatable bonds is 4. The number of carbonyl (C=O) groups excluding carboxylic acids is 1. The number of thiophene rings is 1. The van der Waals surface area contributed by atoms with E-state index in [0.717, 1.165) is 17.6 Å². The van der Waals surface area contributed by atoms with Crippen LogP contribution in [0.3, 0.4) is 0 Å². The van der Waals surface area contributed by atoms with Crippen LogP contribution in [0.4, 0.5) is 0 Å². The Morgan fingerprint density at radius 3 is 2.69 bits per heavy atom. The fourth-order valence-electron chi connectivity index (χ4n) is 2.39. The minimum Gasteiger partial charge on any atom is -0.612 e. The Bertz CT molecular complexity index is 1110. The van der Waals surface area contributed by atoms with E-state index >= 15 is 0 Å². The molecule has 136 valence electrons. The molecule has 0 aliphatic heterocycles. The molecule has 3 rings (SSSR count). The van der Waals surface area contributed by atoms with Gasteiger partial charge in [0.2, 0.25) is 15.0 Å². The van der Waals surface area contributed by atoms with Gasteiger partial charge in [-0.05, 0) is 22.8 Å². The average molecular weight is 410 g/mol. The van der Waals surface area contributed by atoms with E-state index in [9.17, 15) is 17.8 Å². The highest BCUT2D eigenvalue weighted by Gasteiger charge is 2.24. The smallest absolute Gasteiger partial charge is 0.348 e. The van der Waals surface area contributed by atoms with Crippen molar-refractivity contribution in [3.63, 3.8) is 0 Å². The van der Waals surface area contributed by atoms with Crippen LogP contribution in [0, 0.1) is 0 Å². The summed E-state index contributed by atoms with van der Waals surface area (Å²) in [4.78, 5) is 21.1. The van der Waals surface area contributed by atoms with Gasteiger partial charge < -0.3 is 9.29 Å². The summed E-state index contributed by atoms with van der Waals surface area (Å²) in [6.45, 7) is 0. The highest BCUT2D eigenvalue weighted by atomic mass is 32.2. The van der Waals surface area contributed by atoms with Crippen LogP contribution < -0.4 is 0 Å². The first kappa shape index (κ1) is 18.8. The summed E-state index contributed by atoms with van der Waals surface area (Å²) < 4.78 is 40.8. The molecule has 0 saturated heterocycles. The first-order valence-electron chi connectivity index (χ1n) is 7.24. The maximum atomic E-state index is 12.2. The number of aromatic nitrogens is 2. The summed E-state index contributed by atoms with van der Waals surface area (Å²) in [5.41, 5.74) is 1.38. The van der Waals surface area contributed by atoms with Crippen molar-refractivity contribution < 1.29 is 22.5 Å².